The van der Waals surface area contributed by atoms with E-state index in [2.05, 4.69) is 236 Å². The number of carbonyl (C=O) groups is 2. The first kappa shape index (κ1) is 90.7. The number of hydrogen-bond donors (Lipinski definition) is 1. The van der Waals surface area contributed by atoms with Gasteiger partial charge in [-0.25, -0.2) is 4.79 Å². The monoisotopic (exact) mass is 2000 g/mol. The van der Waals surface area contributed by atoms with Crippen LogP contribution in [0.1, 0.15) is 98.9 Å². The van der Waals surface area contributed by atoms with Gasteiger partial charge >= 0.3 is 149 Å². The molecule has 110 heavy (non-hydrogen) atoms. The van der Waals surface area contributed by atoms with E-state index in [9.17, 15) is 9.59 Å². The van der Waals surface area contributed by atoms with E-state index < -0.39 is 29.6 Å². The molecule has 0 aliphatic carbocycles. The molecule has 14 nitrogen and oxygen atoms in total. The minimum Gasteiger partial charge on any atom is -0.490 e. The molecule has 2 atom stereocenters. The van der Waals surface area contributed by atoms with Crippen LogP contribution in [-0.4, -0.2) is 131 Å². The Labute approximate surface area is 707 Å². The van der Waals surface area contributed by atoms with Gasteiger partial charge in [0.25, 0.3) is 0 Å². The van der Waals surface area contributed by atoms with E-state index in [4.69, 9.17) is 38.3 Å². The molecule has 10 aromatic rings. The first-order chi connectivity index (χ1) is 52.9. The number of aliphatic hydroxyl groups is 1. The number of nitrogens with zero attached hydrogens (tertiary/aromatic N) is 4. The van der Waals surface area contributed by atoms with Crippen LogP contribution < -0.4 is 13.1 Å². The molecule has 0 radical (unpaired) electrons. The molecule has 2 aliphatic rings. The van der Waals surface area contributed by atoms with Gasteiger partial charge in [0.2, 0.25) is 0 Å². The zero-order valence-electron chi connectivity index (χ0n) is 65.1. The van der Waals surface area contributed by atoms with Crippen LogP contribution >= 0.6 is 83.7 Å². The number of amides is 2. The van der Waals surface area contributed by atoms with E-state index in [1.54, 1.807) is 22.2 Å². The van der Waals surface area contributed by atoms with Gasteiger partial charge in [-0.3, -0.25) is 4.98 Å². The van der Waals surface area contributed by atoms with Crippen LogP contribution in [0.25, 0.3) is 11.1 Å². The van der Waals surface area contributed by atoms with Crippen LogP contribution in [-0.2, 0) is 74.5 Å². The topological polar surface area (TPSA) is 151 Å². The fourth-order valence-electron chi connectivity index (χ4n) is 10.7. The quantitative estimate of drug-likeness (QED) is 0.0238. The van der Waals surface area contributed by atoms with Crippen LogP contribution in [0.3, 0.4) is 0 Å². The first-order valence-corrected chi connectivity index (χ1v) is 51.8. The van der Waals surface area contributed by atoms with E-state index in [1.807, 2.05) is 157 Å². The number of carbonyl (C=O) groups excluding carboxylic acids is 2. The van der Waals surface area contributed by atoms with E-state index in [1.165, 1.54) is 58.8 Å². The average molecular weight is 2000 g/mol. The molecule has 19 heteroatoms. The Kier molecular flexibility index (Phi) is 40.6. The maximum Gasteiger partial charge on any atom is 0.410 e. The Morgan fingerprint density at radius 2 is 0.773 bits per heavy atom. The van der Waals surface area contributed by atoms with Crippen molar-refractivity contribution in [2.24, 2.45) is 0 Å². The van der Waals surface area contributed by atoms with Crippen molar-refractivity contribution in [1.82, 2.24) is 19.8 Å². The second kappa shape index (κ2) is 49.2. The van der Waals surface area contributed by atoms with Crippen LogP contribution in [0, 0.1) is 10.7 Å². The third-order valence-corrected chi connectivity index (χ3v) is 25.6. The normalized spacial score (nSPS) is 13.5. The van der Waals surface area contributed by atoms with E-state index in [-0.39, 0.29) is 30.9 Å². The number of likely N-dealkylation sites (tertiary alicyclic amines) is 2. The van der Waals surface area contributed by atoms with Crippen LogP contribution in [0.2, 0.25) is 14.8 Å². The molecule has 2 saturated heterocycles. The summed E-state index contributed by atoms with van der Waals surface area (Å²) >= 11 is 8.12. The van der Waals surface area contributed by atoms with Gasteiger partial charge in [0, 0.05) is 41.0 Å². The number of halogens is 4. The van der Waals surface area contributed by atoms with Crippen molar-refractivity contribution in [3.8, 4) is 22.6 Å². The number of alkyl halides is 1. The van der Waals surface area contributed by atoms with E-state index >= 15 is 0 Å². The Balaban J connectivity index is 0.000000195. The predicted molar refractivity (Wildman–Crippen MR) is 477 cm³/mol. The van der Waals surface area contributed by atoms with Gasteiger partial charge in [0.05, 0.1) is 51.9 Å². The van der Waals surface area contributed by atoms with Crippen molar-refractivity contribution in [2.45, 2.75) is 143 Å². The molecule has 2 aliphatic heterocycles. The molecule has 0 bridgehead atoms. The van der Waals surface area contributed by atoms with Gasteiger partial charge in [-0.05, 0) is 213 Å². The summed E-state index contributed by atoms with van der Waals surface area (Å²) in [5.74, 6) is 1.49. The summed E-state index contributed by atoms with van der Waals surface area (Å²) in [5, 5.41) is 9.54. The summed E-state index contributed by atoms with van der Waals surface area (Å²) in [4.78, 5) is 43.6. The number of ether oxygens (including phenoxy) is 7. The third-order valence-electron chi connectivity index (χ3n) is 17.1. The van der Waals surface area contributed by atoms with Crippen molar-refractivity contribution in [2.75, 3.05) is 52.7 Å². The summed E-state index contributed by atoms with van der Waals surface area (Å²) in [6, 6.07) is 79.1. The molecule has 2 aromatic heterocycles. The molecule has 1 N–H and O–H groups in total. The Morgan fingerprint density at radius 1 is 0.436 bits per heavy atom. The van der Waals surface area contributed by atoms with Crippen LogP contribution in [0.4, 0.5) is 9.59 Å². The minimum absolute atomic E-state index is 0.0249. The first-order valence-electron chi connectivity index (χ1n) is 37.4. The molecule has 8 aromatic carbocycles. The number of hydrogen-bond acceptors (Lipinski definition) is 12. The summed E-state index contributed by atoms with van der Waals surface area (Å²) < 4.78 is 45.0. The molecule has 584 valence electrons. The third kappa shape index (κ3) is 36.5. The molecule has 0 unspecified atom stereocenters. The minimum atomic E-state index is -2.13. The molecule has 0 saturated carbocycles. The van der Waals surface area contributed by atoms with Crippen molar-refractivity contribution < 1.29 is 47.9 Å². The number of rotatable bonds is 26. The zero-order valence-corrected chi connectivity index (χ0v) is 76.0. The summed E-state index contributed by atoms with van der Waals surface area (Å²) in [7, 11) is 0. The van der Waals surface area contributed by atoms with Crippen LogP contribution in [0.5, 0.6) is 11.5 Å². The fourth-order valence-corrected chi connectivity index (χ4v) is 15.1. The van der Waals surface area contributed by atoms with Crippen molar-refractivity contribution in [1.29, 1.82) is 0 Å². The van der Waals surface area contributed by atoms with E-state index in [0.29, 0.717) is 51.9 Å². The SMILES string of the molecule is BrCc1ccccc1.CC(C)(C)OC(=O)N1CC[C@H]1COc1cnc[c]([Sn]([CH3])([CH3])[CH3])c1.CC(C)(C)OC(=O)N1CC[C@H]1COc1cncc(-c2ccc(CCOCc3ccccc3)cc2)c1.Ic1ccc(CCOCc2ccccc2)cc1.Ic1ccc(CCOCc2ccccc2)cc1.OCCc1ccc(I)cc1. The standard InChI is InChI=1S/C29H34N2O4.2C15H15IO.C14H19N2O3.C8H9IO.C7H7Br.3CH3.Sn/c1-29(2,3)35-28(32)31-15-13-26(31)21-34-27-17-25(18-30-19-27)24-11-9-22(10-12-24)14-16-33-20-23-7-5-4-6-8-23;2*16-15-8-6-13(7-9-15)10-11-17-12-14-4-2-1-3-5-14;1-14(2,3)19-13(17)16-8-6-11(16)10-18-12-5-4-7-15-9-12;9-8-3-1-7(2-4-8)5-6-10;8-6-7-4-2-1-3-5-7;;;;/h4-12,17-19,26H,13-16,20-21H2,1-3H3;2*1-9H,10-12H2;5,7,9,11H,6,8,10H2,1-3H3;1-4,10H,5-6H2;1-5H,6H2;3*1H3;/t26-;;;11-;;;;;;/m0..0....../s1. The maximum absolute atomic E-state index is 12.3. The summed E-state index contributed by atoms with van der Waals surface area (Å²) in [6.45, 7) is 18.1. The Bertz CT molecular complexity index is 4110. The Hall–Kier alpha value is -6.49. The average Bonchev–Trinajstić information content (AvgIpc) is 0.824. The maximum atomic E-state index is 12.3. The second-order valence-corrected chi connectivity index (χ2v) is 48.2. The number of benzene rings is 8. The van der Waals surface area contributed by atoms with Gasteiger partial charge in [0.1, 0.15) is 18.0 Å². The summed E-state index contributed by atoms with van der Waals surface area (Å²) in [5.41, 5.74) is 11.2. The summed E-state index contributed by atoms with van der Waals surface area (Å²) in [6.07, 6.45) is 12.1. The molecule has 0 spiro atoms. The van der Waals surface area contributed by atoms with Gasteiger partial charge in [-0.1, -0.05) is 198 Å². The van der Waals surface area contributed by atoms with Gasteiger partial charge < -0.3 is 33.7 Å². The molecular weight excluding hydrogens is 1890 g/mol. The number of aromatic nitrogens is 2. The number of pyridine rings is 2. The van der Waals surface area contributed by atoms with Crippen molar-refractivity contribution in [3.05, 3.63) is 311 Å². The molecule has 4 heterocycles. The smallest absolute Gasteiger partial charge is 0.410 e. The largest absolute Gasteiger partial charge is 0.490 e. The van der Waals surface area contributed by atoms with E-state index in [0.717, 1.165) is 80.5 Å². The zero-order chi connectivity index (χ0) is 79.0. The van der Waals surface area contributed by atoms with Gasteiger partial charge in [-0.15, -0.1) is 0 Å². The Morgan fingerprint density at radius 3 is 1.09 bits per heavy atom. The second-order valence-electron chi connectivity index (χ2n) is 29.5. The van der Waals surface area contributed by atoms with Crippen LogP contribution in [0.15, 0.2) is 255 Å². The van der Waals surface area contributed by atoms with Crippen molar-refractivity contribution >= 4 is 118 Å². The molecular formula is C91H108BrI3N4O10Sn. The fraction of sp³-hybridized carbons (Fsp3) is 0.341. The predicted octanol–water partition coefficient (Wildman–Crippen LogP) is 21.4. The molecule has 2 amide bonds. The van der Waals surface area contributed by atoms with Gasteiger partial charge in [-0.2, -0.15) is 0 Å². The molecule has 2 fully saturated rings. The molecule has 12 rings (SSSR count). The van der Waals surface area contributed by atoms with Gasteiger partial charge in [0.15, 0.2) is 0 Å². The van der Waals surface area contributed by atoms with Crippen molar-refractivity contribution in [3.63, 3.8) is 0 Å². The number of aliphatic hydroxyl groups excluding tert-OH is 1.